The number of nitrogens with one attached hydrogen (secondary N) is 2. The molecule has 0 saturated carbocycles. The molecule has 30 heavy (non-hydrogen) atoms. The van der Waals surface area contributed by atoms with Crippen molar-refractivity contribution < 1.29 is 22.8 Å². The first-order valence-corrected chi connectivity index (χ1v) is 9.45. The zero-order chi connectivity index (χ0) is 21.7. The van der Waals surface area contributed by atoms with Crippen LogP contribution in [0.25, 0.3) is 0 Å². The Kier molecular flexibility index (Phi) is 6.40. The predicted octanol–water partition coefficient (Wildman–Crippen LogP) is 4.34. The van der Waals surface area contributed by atoms with Gasteiger partial charge < -0.3 is 10.6 Å². The highest BCUT2D eigenvalue weighted by Crippen LogP contribution is 2.36. The number of nitrogens with zero attached hydrogens (tertiary/aromatic N) is 3. The molecule has 1 aromatic heterocycles. The molecule has 0 fully saturated rings. The van der Waals surface area contributed by atoms with Gasteiger partial charge in [0.1, 0.15) is 18.7 Å². The topological polar surface area (TPSA) is 88.9 Å². The minimum absolute atomic E-state index is 0.000680. The van der Waals surface area contributed by atoms with Crippen LogP contribution in [-0.4, -0.2) is 32.1 Å². The largest absolute Gasteiger partial charge is 0.446 e. The number of hydrogen-bond acceptors (Lipinski definition) is 5. The number of hydrogen-bond donors (Lipinski definition) is 2. The summed E-state index contributed by atoms with van der Waals surface area (Å²) in [6.45, 7) is 1.68. The maximum Gasteiger partial charge on any atom is 0.446 e. The molecule has 0 spiro atoms. The van der Waals surface area contributed by atoms with Gasteiger partial charge in [0.05, 0.1) is 0 Å². The Morgan fingerprint density at radius 2 is 1.60 bits per heavy atom. The third-order valence-electron chi connectivity index (χ3n) is 3.97. The lowest BCUT2D eigenvalue weighted by atomic mass is 10.2. The van der Waals surface area contributed by atoms with Gasteiger partial charge in [-0.05, 0) is 67.2 Å². The Morgan fingerprint density at radius 3 is 2.13 bits per heavy atom. The smallest absolute Gasteiger partial charge is 0.324 e. The molecule has 1 heterocycles. The number of alkyl halides is 3. The monoisotopic (exact) mass is 435 g/mol. The Hall–Kier alpha value is -3.34. The van der Waals surface area contributed by atoms with Crippen LogP contribution in [0.4, 0.5) is 24.5 Å². The van der Waals surface area contributed by atoms with Gasteiger partial charge in [-0.3, -0.25) is 9.59 Å². The molecule has 0 aliphatic heterocycles. The van der Waals surface area contributed by atoms with Crippen LogP contribution in [-0.2, 0) is 4.79 Å². The summed E-state index contributed by atoms with van der Waals surface area (Å²) in [7, 11) is 0. The number of thioether (sulfide) groups is 1. The van der Waals surface area contributed by atoms with Crippen molar-refractivity contribution in [3.63, 3.8) is 0 Å². The first kappa shape index (κ1) is 21.4. The minimum atomic E-state index is -4.38. The lowest BCUT2D eigenvalue weighted by Crippen LogP contribution is -2.24. The van der Waals surface area contributed by atoms with E-state index in [9.17, 15) is 22.8 Å². The van der Waals surface area contributed by atoms with Gasteiger partial charge in [0.2, 0.25) is 5.91 Å². The molecule has 1 unspecified atom stereocenters. The second-order valence-electron chi connectivity index (χ2n) is 6.14. The summed E-state index contributed by atoms with van der Waals surface area (Å²) in [5.41, 5.74) is -3.16. The molecule has 0 radical (unpaired) electrons. The normalized spacial score (nSPS) is 12.3. The zero-order valence-corrected chi connectivity index (χ0v) is 16.4. The number of carbonyl (C=O) groups excluding carboxylic acids is 2. The molecule has 156 valence electrons. The number of halogens is 3. The van der Waals surface area contributed by atoms with Crippen molar-refractivity contribution in [2.75, 3.05) is 10.6 Å². The van der Waals surface area contributed by atoms with E-state index in [4.69, 9.17) is 0 Å². The van der Waals surface area contributed by atoms with E-state index in [-0.39, 0.29) is 28.1 Å². The molecular formula is C19H16F3N5O2S. The first-order valence-electron chi connectivity index (χ1n) is 8.63. The maximum atomic E-state index is 12.4. The van der Waals surface area contributed by atoms with Gasteiger partial charge in [-0.25, -0.2) is 9.67 Å². The average molecular weight is 435 g/mol. The highest BCUT2D eigenvalue weighted by atomic mass is 32.2. The van der Waals surface area contributed by atoms with Gasteiger partial charge in [0.15, 0.2) is 0 Å². The van der Waals surface area contributed by atoms with Crippen LogP contribution in [0.1, 0.15) is 23.3 Å². The molecule has 1 atom stereocenters. The van der Waals surface area contributed by atoms with Gasteiger partial charge in [-0.2, -0.15) is 18.3 Å². The van der Waals surface area contributed by atoms with Crippen LogP contribution >= 0.6 is 11.8 Å². The van der Waals surface area contributed by atoms with E-state index >= 15 is 0 Å². The zero-order valence-electron chi connectivity index (χ0n) is 15.6. The van der Waals surface area contributed by atoms with Crippen LogP contribution in [0.15, 0.2) is 66.1 Å². The van der Waals surface area contributed by atoms with Gasteiger partial charge >= 0.3 is 5.51 Å². The molecule has 7 nitrogen and oxygen atoms in total. The van der Waals surface area contributed by atoms with Gasteiger partial charge in [0.25, 0.3) is 5.91 Å². The SMILES string of the molecule is CC(C(=O)Nc1ccc(NC(=O)c2ccc(SC(F)(F)F)cc2)cc1)n1cncn1. The standard InChI is InChI=1S/C19H16F3N5O2S/c1-12(27-11-23-10-24-27)17(28)25-14-4-6-15(7-5-14)26-18(29)13-2-8-16(9-3-13)30-19(20,21)22/h2-12H,1H3,(H,25,28)(H,26,29). The molecule has 3 aromatic rings. The molecule has 0 bridgehead atoms. The molecule has 0 aliphatic rings. The summed E-state index contributed by atoms with van der Waals surface area (Å²) >= 11 is -0.243. The lowest BCUT2D eigenvalue weighted by molar-refractivity contribution is -0.119. The number of benzene rings is 2. The number of amides is 2. The molecule has 0 saturated heterocycles. The van der Waals surface area contributed by atoms with E-state index in [0.29, 0.717) is 11.4 Å². The van der Waals surface area contributed by atoms with E-state index in [1.807, 2.05) is 0 Å². The summed E-state index contributed by atoms with van der Waals surface area (Å²) < 4.78 is 38.5. The summed E-state index contributed by atoms with van der Waals surface area (Å²) in [6.07, 6.45) is 2.78. The van der Waals surface area contributed by atoms with Crippen molar-refractivity contribution in [1.82, 2.24) is 14.8 Å². The summed E-state index contributed by atoms with van der Waals surface area (Å²) in [5.74, 6) is -0.746. The molecule has 2 aromatic carbocycles. The van der Waals surface area contributed by atoms with Gasteiger partial charge in [-0.1, -0.05) is 0 Å². The predicted molar refractivity (Wildman–Crippen MR) is 106 cm³/mol. The number of carbonyl (C=O) groups is 2. The number of rotatable bonds is 6. The molecule has 2 N–H and O–H groups in total. The maximum absolute atomic E-state index is 12.4. The third-order valence-corrected chi connectivity index (χ3v) is 4.71. The van der Waals surface area contributed by atoms with Gasteiger partial charge in [-0.15, -0.1) is 0 Å². The molecule has 0 aliphatic carbocycles. The summed E-state index contributed by atoms with van der Waals surface area (Å²) in [4.78, 5) is 28.3. The van der Waals surface area contributed by atoms with Crippen LogP contribution in [0.3, 0.4) is 0 Å². The van der Waals surface area contributed by atoms with E-state index in [2.05, 4.69) is 20.7 Å². The Labute approximate surface area is 173 Å². The quantitative estimate of drug-likeness (QED) is 0.563. The molecular weight excluding hydrogens is 419 g/mol. The highest BCUT2D eigenvalue weighted by molar-refractivity contribution is 8.00. The van der Waals surface area contributed by atoms with E-state index < -0.39 is 17.5 Å². The second kappa shape index (κ2) is 8.99. The van der Waals surface area contributed by atoms with Crippen LogP contribution in [0.2, 0.25) is 0 Å². The summed E-state index contributed by atoms with van der Waals surface area (Å²) in [5, 5.41) is 9.30. The molecule has 3 rings (SSSR count). The second-order valence-corrected chi connectivity index (χ2v) is 7.28. The Morgan fingerprint density at radius 1 is 1.00 bits per heavy atom. The van der Waals surface area contributed by atoms with Crippen molar-refractivity contribution in [3.05, 3.63) is 66.7 Å². The fourth-order valence-corrected chi connectivity index (χ4v) is 2.97. The van der Waals surface area contributed by atoms with Crippen molar-refractivity contribution >= 4 is 35.0 Å². The van der Waals surface area contributed by atoms with Crippen LogP contribution in [0, 0.1) is 0 Å². The fraction of sp³-hybridized carbons (Fsp3) is 0.158. The van der Waals surface area contributed by atoms with Crippen molar-refractivity contribution in [2.24, 2.45) is 0 Å². The van der Waals surface area contributed by atoms with E-state index in [1.54, 1.807) is 31.2 Å². The number of aromatic nitrogens is 3. The van der Waals surface area contributed by atoms with Crippen molar-refractivity contribution in [2.45, 2.75) is 23.4 Å². The number of anilines is 2. The molecule has 2 amide bonds. The minimum Gasteiger partial charge on any atom is -0.324 e. The van der Waals surface area contributed by atoms with Gasteiger partial charge in [0, 0.05) is 21.8 Å². The van der Waals surface area contributed by atoms with Crippen LogP contribution < -0.4 is 10.6 Å². The fourth-order valence-electron chi connectivity index (χ4n) is 2.43. The van der Waals surface area contributed by atoms with Crippen molar-refractivity contribution in [3.8, 4) is 0 Å². The average Bonchev–Trinajstić information content (AvgIpc) is 3.23. The summed E-state index contributed by atoms with van der Waals surface area (Å²) in [6, 6.07) is 11.0. The van der Waals surface area contributed by atoms with E-state index in [1.165, 1.54) is 41.6 Å². The molecule has 11 heteroatoms. The Bertz CT molecular complexity index is 1010. The highest BCUT2D eigenvalue weighted by Gasteiger charge is 2.29. The third kappa shape index (κ3) is 5.83. The Balaban J connectivity index is 1.57. The lowest BCUT2D eigenvalue weighted by Gasteiger charge is -2.12. The first-order chi connectivity index (χ1) is 14.2. The van der Waals surface area contributed by atoms with Crippen molar-refractivity contribution in [1.29, 1.82) is 0 Å². The van der Waals surface area contributed by atoms with Crippen LogP contribution in [0.5, 0.6) is 0 Å². The van der Waals surface area contributed by atoms with E-state index in [0.717, 1.165) is 0 Å².